The Hall–Kier alpha value is -2.75. The molecule has 2 rings (SSSR count). The summed E-state index contributed by atoms with van der Waals surface area (Å²) in [6.45, 7) is 1.94. The van der Waals surface area contributed by atoms with Crippen LogP contribution in [-0.2, 0) is 4.79 Å². The molecule has 0 atom stereocenters. The molecule has 0 amide bonds. The predicted octanol–water partition coefficient (Wildman–Crippen LogP) is 3.63. The van der Waals surface area contributed by atoms with E-state index >= 15 is 0 Å². The minimum Gasteiger partial charge on any atom is -0.497 e. The zero-order valence-corrected chi connectivity index (χ0v) is 12.8. The summed E-state index contributed by atoms with van der Waals surface area (Å²) in [6, 6.07) is 12.8. The molecule has 0 radical (unpaired) electrons. The van der Waals surface area contributed by atoms with E-state index in [1.54, 1.807) is 19.3 Å². The van der Waals surface area contributed by atoms with Gasteiger partial charge in [0, 0.05) is 6.08 Å². The largest absolute Gasteiger partial charge is 0.497 e. The van der Waals surface area contributed by atoms with Gasteiger partial charge in [-0.25, -0.2) is 4.79 Å². The molecule has 0 aliphatic heterocycles. The third-order valence-corrected chi connectivity index (χ3v) is 3.04. The molecular formula is C18H18O4. The third-order valence-electron chi connectivity index (χ3n) is 3.04. The van der Waals surface area contributed by atoms with Crippen molar-refractivity contribution in [3.8, 4) is 17.2 Å². The zero-order chi connectivity index (χ0) is 15.9. The first-order valence-electron chi connectivity index (χ1n) is 6.81. The number of benzene rings is 2. The average molecular weight is 298 g/mol. The Morgan fingerprint density at radius 2 is 1.82 bits per heavy atom. The van der Waals surface area contributed by atoms with Crippen LogP contribution in [0.1, 0.15) is 11.1 Å². The van der Waals surface area contributed by atoms with Gasteiger partial charge in [-0.2, -0.15) is 0 Å². The van der Waals surface area contributed by atoms with Gasteiger partial charge in [-0.05, 0) is 48.4 Å². The highest BCUT2D eigenvalue weighted by molar-refractivity contribution is 5.89. The molecule has 0 spiro atoms. The Morgan fingerprint density at radius 3 is 2.55 bits per heavy atom. The van der Waals surface area contributed by atoms with Crippen LogP contribution in [0.15, 0.2) is 48.5 Å². The van der Waals surface area contributed by atoms with Gasteiger partial charge in [-0.1, -0.05) is 18.2 Å². The fourth-order valence-electron chi connectivity index (χ4n) is 1.91. The molecule has 2 aromatic rings. The maximum absolute atomic E-state index is 11.9. The van der Waals surface area contributed by atoms with Gasteiger partial charge < -0.3 is 14.2 Å². The van der Waals surface area contributed by atoms with Crippen LogP contribution in [-0.4, -0.2) is 20.2 Å². The highest BCUT2D eigenvalue weighted by Gasteiger charge is 2.07. The second kappa shape index (κ2) is 7.31. The van der Waals surface area contributed by atoms with Gasteiger partial charge >= 0.3 is 5.97 Å². The maximum atomic E-state index is 11.9. The van der Waals surface area contributed by atoms with E-state index in [0.29, 0.717) is 11.5 Å². The van der Waals surface area contributed by atoms with E-state index in [9.17, 15) is 4.79 Å². The molecule has 22 heavy (non-hydrogen) atoms. The standard InChI is InChI=1S/C18H18O4/c1-13-7-9-16(17(11-13)21-3)22-18(19)10-8-14-5-4-6-15(12-14)20-2/h4-12H,1-3H3/b10-8+. The Balaban J connectivity index is 2.08. The SMILES string of the molecule is COc1cccc(/C=C/C(=O)Oc2ccc(C)cc2OC)c1. The summed E-state index contributed by atoms with van der Waals surface area (Å²) in [5, 5.41) is 0. The average Bonchev–Trinajstić information content (AvgIpc) is 2.54. The molecule has 0 N–H and O–H groups in total. The van der Waals surface area contributed by atoms with Crippen molar-refractivity contribution in [1.29, 1.82) is 0 Å². The van der Waals surface area contributed by atoms with Gasteiger partial charge in [0.1, 0.15) is 5.75 Å². The Bertz CT molecular complexity index is 689. The molecule has 0 fully saturated rings. The summed E-state index contributed by atoms with van der Waals surface area (Å²) in [7, 11) is 3.14. The number of carbonyl (C=O) groups is 1. The molecule has 4 heteroatoms. The second-order valence-electron chi connectivity index (χ2n) is 4.69. The Labute approximate surface area is 129 Å². The molecule has 0 aliphatic rings. The summed E-state index contributed by atoms with van der Waals surface area (Å²) >= 11 is 0. The number of methoxy groups -OCH3 is 2. The van der Waals surface area contributed by atoms with Gasteiger partial charge in [0.15, 0.2) is 11.5 Å². The van der Waals surface area contributed by atoms with Crippen molar-refractivity contribution in [3.63, 3.8) is 0 Å². The molecule has 4 nitrogen and oxygen atoms in total. The highest BCUT2D eigenvalue weighted by Crippen LogP contribution is 2.28. The molecule has 0 unspecified atom stereocenters. The summed E-state index contributed by atoms with van der Waals surface area (Å²) in [5.41, 5.74) is 1.88. The number of ether oxygens (including phenoxy) is 3. The smallest absolute Gasteiger partial charge is 0.336 e. The third kappa shape index (κ3) is 4.12. The van der Waals surface area contributed by atoms with Crippen molar-refractivity contribution in [2.24, 2.45) is 0 Å². The molecule has 0 aromatic heterocycles. The van der Waals surface area contributed by atoms with Crippen LogP contribution in [0, 0.1) is 6.92 Å². The van der Waals surface area contributed by atoms with Crippen molar-refractivity contribution in [2.75, 3.05) is 14.2 Å². The van der Waals surface area contributed by atoms with Gasteiger partial charge in [-0.3, -0.25) is 0 Å². The summed E-state index contributed by atoms with van der Waals surface area (Å²) in [6.07, 6.45) is 3.04. The molecular weight excluding hydrogens is 280 g/mol. The van der Waals surface area contributed by atoms with Crippen LogP contribution in [0.25, 0.3) is 6.08 Å². The number of hydrogen-bond acceptors (Lipinski definition) is 4. The quantitative estimate of drug-likeness (QED) is 0.480. The van der Waals surface area contributed by atoms with E-state index in [-0.39, 0.29) is 0 Å². The van der Waals surface area contributed by atoms with E-state index in [1.165, 1.54) is 13.2 Å². The van der Waals surface area contributed by atoms with E-state index in [0.717, 1.165) is 16.9 Å². The number of carbonyl (C=O) groups excluding carboxylic acids is 1. The maximum Gasteiger partial charge on any atom is 0.336 e. The molecule has 2 aromatic carbocycles. The molecule has 0 heterocycles. The van der Waals surface area contributed by atoms with Crippen molar-refractivity contribution in [2.45, 2.75) is 6.92 Å². The minimum atomic E-state index is -0.468. The molecule has 0 saturated carbocycles. The first kappa shape index (κ1) is 15.6. The van der Waals surface area contributed by atoms with Crippen molar-refractivity contribution in [3.05, 3.63) is 59.7 Å². The van der Waals surface area contributed by atoms with Crippen molar-refractivity contribution >= 4 is 12.0 Å². The van der Waals surface area contributed by atoms with Crippen molar-refractivity contribution in [1.82, 2.24) is 0 Å². The highest BCUT2D eigenvalue weighted by atomic mass is 16.6. The van der Waals surface area contributed by atoms with Crippen molar-refractivity contribution < 1.29 is 19.0 Å². The summed E-state index contributed by atoms with van der Waals surface area (Å²) < 4.78 is 15.6. The number of aryl methyl sites for hydroxylation is 1. The van der Waals surface area contributed by atoms with E-state index < -0.39 is 5.97 Å². The van der Waals surface area contributed by atoms with Crippen LogP contribution in [0.3, 0.4) is 0 Å². The molecule has 114 valence electrons. The number of hydrogen-bond donors (Lipinski definition) is 0. The van der Waals surface area contributed by atoms with E-state index in [1.807, 2.05) is 43.3 Å². The second-order valence-corrected chi connectivity index (χ2v) is 4.69. The van der Waals surface area contributed by atoms with E-state index in [4.69, 9.17) is 14.2 Å². The molecule has 0 bridgehead atoms. The van der Waals surface area contributed by atoms with Crippen LogP contribution in [0.5, 0.6) is 17.2 Å². The Morgan fingerprint density at radius 1 is 1.00 bits per heavy atom. The fourth-order valence-corrected chi connectivity index (χ4v) is 1.91. The number of rotatable bonds is 5. The van der Waals surface area contributed by atoms with Gasteiger partial charge in [0.25, 0.3) is 0 Å². The topological polar surface area (TPSA) is 44.8 Å². The normalized spacial score (nSPS) is 10.5. The van der Waals surface area contributed by atoms with Gasteiger partial charge in [0.2, 0.25) is 0 Å². The minimum absolute atomic E-state index is 0.397. The number of esters is 1. The monoisotopic (exact) mass is 298 g/mol. The molecule has 0 aliphatic carbocycles. The zero-order valence-electron chi connectivity index (χ0n) is 12.8. The lowest BCUT2D eigenvalue weighted by molar-refractivity contribution is -0.129. The predicted molar refractivity (Wildman–Crippen MR) is 85.4 cm³/mol. The summed E-state index contributed by atoms with van der Waals surface area (Å²) in [5.74, 6) is 1.19. The van der Waals surface area contributed by atoms with Crippen LogP contribution in [0.2, 0.25) is 0 Å². The van der Waals surface area contributed by atoms with Crippen LogP contribution in [0.4, 0.5) is 0 Å². The van der Waals surface area contributed by atoms with E-state index in [2.05, 4.69) is 0 Å². The lowest BCUT2D eigenvalue weighted by Gasteiger charge is -2.08. The first-order valence-corrected chi connectivity index (χ1v) is 6.81. The Kier molecular flexibility index (Phi) is 5.20. The lowest BCUT2D eigenvalue weighted by Crippen LogP contribution is -2.05. The van der Waals surface area contributed by atoms with Crippen LogP contribution >= 0.6 is 0 Å². The summed E-state index contributed by atoms with van der Waals surface area (Å²) in [4.78, 5) is 11.9. The van der Waals surface area contributed by atoms with Gasteiger partial charge in [-0.15, -0.1) is 0 Å². The van der Waals surface area contributed by atoms with Gasteiger partial charge in [0.05, 0.1) is 14.2 Å². The first-order chi connectivity index (χ1) is 10.6. The van der Waals surface area contributed by atoms with Crippen LogP contribution < -0.4 is 14.2 Å². The fraction of sp³-hybridized carbons (Fsp3) is 0.167. The lowest BCUT2D eigenvalue weighted by atomic mass is 10.2. The molecule has 0 saturated heterocycles.